The van der Waals surface area contributed by atoms with Gasteiger partial charge in [-0.3, -0.25) is 14.2 Å². The first-order valence-electron chi connectivity index (χ1n) is 7.73. The van der Waals surface area contributed by atoms with E-state index in [1.807, 2.05) is 38.1 Å². The maximum atomic E-state index is 12.5. The molecule has 1 aromatic carbocycles. The first kappa shape index (κ1) is 16.0. The van der Waals surface area contributed by atoms with Gasteiger partial charge in [0.05, 0.1) is 0 Å². The van der Waals surface area contributed by atoms with E-state index >= 15 is 0 Å². The van der Waals surface area contributed by atoms with E-state index in [9.17, 15) is 9.59 Å². The molecule has 0 bridgehead atoms. The Morgan fingerprint density at radius 3 is 2.62 bits per heavy atom. The second kappa shape index (κ2) is 6.31. The number of nitrogens with zero attached hydrogens (tertiary/aromatic N) is 2. The van der Waals surface area contributed by atoms with Gasteiger partial charge in [0.15, 0.2) is 0 Å². The molecular formula is C18H19N3O3. The zero-order valence-corrected chi connectivity index (χ0v) is 13.9. The summed E-state index contributed by atoms with van der Waals surface area (Å²) >= 11 is 0. The van der Waals surface area contributed by atoms with Crippen molar-refractivity contribution >= 4 is 17.0 Å². The molecule has 0 radical (unpaired) electrons. The second-order valence-electron chi connectivity index (χ2n) is 5.90. The fourth-order valence-electron chi connectivity index (χ4n) is 2.50. The normalized spacial score (nSPS) is 11.0. The summed E-state index contributed by atoms with van der Waals surface area (Å²) in [6.45, 7) is 5.96. The van der Waals surface area contributed by atoms with Crippen LogP contribution in [-0.4, -0.2) is 15.5 Å². The lowest BCUT2D eigenvalue weighted by molar-refractivity contribution is -0.121. The van der Waals surface area contributed by atoms with Crippen LogP contribution in [-0.2, 0) is 17.9 Å². The van der Waals surface area contributed by atoms with Gasteiger partial charge in [-0.2, -0.15) is 0 Å². The highest BCUT2D eigenvalue weighted by Crippen LogP contribution is 2.18. The minimum absolute atomic E-state index is 0.0721. The van der Waals surface area contributed by atoms with Gasteiger partial charge in [-0.05, 0) is 26.3 Å². The third kappa shape index (κ3) is 3.08. The third-order valence-electron chi connectivity index (χ3n) is 4.08. The Hall–Kier alpha value is -2.89. The molecule has 1 amide bonds. The first-order chi connectivity index (χ1) is 11.5. The predicted molar refractivity (Wildman–Crippen MR) is 90.8 cm³/mol. The fraction of sp³-hybridized carbons (Fsp3) is 0.278. The van der Waals surface area contributed by atoms with Crippen LogP contribution in [0.4, 0.5) is 0 Å². The Morgan fingerprint density at radius 1 is 1.21 bits per heavy atom. The van der Waals surface area contributed by atoms with Gasteiger partial charge in [0.25, 0.3) is 5.56 Å². The zero-order valence-electron chi connectivity index (χ0n) is 13.9. The molecule has 6 heteroatoms. The number of fused-ring (bicyclic) bond motifs is 1. The smallest absolute Gasteiger partial charge is 0.265 e. The number of nitrogens with one attached hydrogen (secondary N) is 1. The molecule has 0 saturated carbocycles. The summed E-state index contributed by atoms with van der Waals surface area (Å²) in [6.07, 6.45) is 1.35. The average molecular weight is 325 g/mol. The molecule has 3 aromatic rings. The van der Waals surface area contributed by atoms with Crippen LogP contribution in [0.2, 0.25) is 0 Å². The van der Waals surface area contributed by atoms with Gasteiger partial charge in [0.2, 0.25) is 11.6 Å². The Bertz CT molecular complexity index is 952. The van der Waals surface area contributed by atoms with Crippen LogP contribution in [0.25, 0.3) is 11.1 Å². The zero-order chi connectivity index (χ0) is 17.3. The van der Waals surface area contributed by atoms with Gasteiger partial charge in [-0.15, -0.1) is 0 Å². The van der Waals surface area contributed by atoms with Crippen molar-refractivity contribution < 1.29 is 9.21 Å². The number of furan rings is 1. The van der Waals surface area contributed by atoms with E-state index in [1.165, 1.54) is 16.5 Å². The summed E-state index contributed by atoms with van der Waals surface area (Å²) in [4.78, 5) is 28.7. The molecule has 1 N–H and O–H groups in total. The van der Waals surface area contributed by atoms with Crippen LogP contribution in [0.5, 0.6) is 0 Å². The van der Waals surface area contributed by atoms with Crippen molar-refractivity contribution in [3.8, 4) is 0 Å². The highest BCUT2D eigenvalue weighted by atomic mass is 16.3. The first-order valence-corrected chi connectivity index (χ1v) is 7.73. The van der Waals surface area contributed by atoms with Gasteiger partial charge < -0.3 is 9.73 Å². The highest BCUT2D eigenvalue weighted by molar-refractivity contribution is 5.79. The van der Waals surface area contributed by atoms with Gasteiger partial charge in [-0.1, -0.05) is 29.8 Å². The van der Waals surface area contributed by atoms with Crippen molar-refractivity contribution in [2.75, 3.05) is 0 Å². The lowest BCUT2D eigenvalue weighted by atomic mass is 10.1. The van der Waals surface area contributed by atoms with Crippen molar-refractivity contribution in [2.24, 2.45) is 0 Å². The van der Waals surface area contributed by atoms with Crippen molar-refractivity contribution in [1.29, 1.82) is 0 Å². The van der Waals surface area contributed by atoms with Gasteiger partial charge in [0, 0.05) is 12.1 Å². The Balaban J connectivity index is 1.73. The molecule has 6 nitrogen and oxygen atoms in total. The number of hydrogen-bond acceptors (Lipinski definition) is 4. The molecule has 0 aliphatic carbocycles. The standard InChI is InChI=1S/C18H19N3O3/c1-11-4-6-14(7-5-11)8-19-15(22)9-21-10-20-17-16(18(21)23)12(2)13(3)24-17/h4-7,10H,8-9H2,1-3H3,(H,19,22). The molecule has 0 unspecified atom stereocenters. The molecule has 2 heterocycles. The third-order valence-corrected chi connectivity index (χ3v) is 4.08. The number of amides is 1. The minimum Gasteiger partial charge on any atom is -0.443 e. The molecule has 0 fully saturated rings. The summed E-state index contributed by atoms with van der Waals surface area (Å²) in [5.74, 6) is 0.424. The number of aromatic nitrogens is 2. The van der Waals surface area contributed by atoms with E-state index < -0.39 is 0 Å². The molecule has 124 valence electrons. The summed E-state index contributed by atoms with van der Waals surface area (Å²) in [7, 11) is 0. The quantitative estimate of drug-likeness (QED) is 0.798. The van der Waals surface area contributed by atoms with Crippen molar-refractivity contribution in [1.82, 2.24) is 14.9 Å². The van der Waals surface area contributed by atoms with Crippen molar-refractivity contribution in [3.63, 3.8) is 0 Å². The lowest BCUT2D eigenvalue weighted by Crippen LogP contribution is -2.32. The van der Waals surface area contributed by atoms with Crippen LogP contribution in [0, 0.1) is 20.8 Å². The van der Waals surface area contributed by atoms with Crippen LogP contribution in [0.15, 0.2) is 39.8 Å². The topological polar surface area (TPSA) is 77.1 Å². The van der Waals surface area contributed by atoms with Gasteiger partial charge >= 0.3 is 0 Å². The summed E-state index contributed by atoms with van der Waals surface area (Å²) in [6, 6.07) is 7.92. The van der Waals surface area contributed by atoms with Crippen molar-refractivity contribution in [2.45, 2.75) is 33.9 Å². The van der Waals surface area contributed by atoms with E-state index in [4.69, 9.17) is 4.42 Å². The van der Waals surface area contributed by atoms with Crippen molar-refractivity contribution in [3.05, 3.63) is 63.4 Å². The number of rotatable bonds is 4. The highest BCUT2D eigenvalue weighted by Gasteiger charge is 2.15. The molecule has 0 aliphatic rings. The molecule has 0 aliphatic heterocycles. The number of carbonyl (C=O) groups is 1. The fourth-order valence-corrected chi connectivity index (χ4v) is 2.50. The molecule has 3 rings (SSSR count). The average Bonchev–Trinajstić information content (AvgIpc) is 2.85. The van der Waals surface area contributed by atoms with E-state index in [2.05, 4.69) is 10.3 Å². The summed E-state index contributed by atoms with van der Waals surface area (Å²) in [5, 5.41) is 3.24. The van der Waals surface area contributed by atoms with Crippen LogP contribution < -0.4 is 10.9 Å². The maximum absolute atomic E-state index is 12.5. The maximum Gasteiger partial charge on any atom is 0.265 e. The SMILES string of the molecule is Cc1ccc(CNC(=O)Cn2cnc3oc(C)c(C)c3c2=O)cc1. The predicted octanol–water partition coefficient (Wildman–Crippen LogP) is 2.23. The Morgan fingerprint density at radius 2 is 1.92 bits per heavy atom. The van der Waals surface area contributed by atoms with Crippen LogP contribution >= 0.6 is 0 Å². The van der Waals surface area contributed by atoms with E-state index in [0.717, 1.165) is 11.1 Å². The minimum atomic E-state index is -0.264. The van der Waals surface area contributed by atoms with Crippen LogP contribution in [0.1, 0.15) is 22.5 Å². The number of carbonyl (C=O) groups excluding carboxylic acids is 1. The lowest BCUT2D eigenvalue weighted by Gasteiger charge is -2.07. The van der Waals surface area contributed by atoms with Gasteiger partial charge in [0.1, 0.15) is 24.0 Å². The largest absolute Gasteiger partial charge is 0.443 e. The Labute approximate surface area is 139 Å². The molecule has 0 spiro atoms. The number of aryl methyl sites for hydroxylation is 3. The number of benzene rings is 1. The second-order valence-corrected chi connectivity index (χ2v) is 5.90. The molecular weight excluding hydrogens is 306 g/mol. The molecule has 2 aromatic heterocycles. The monoisotopic (exact) mass is 325 g/mol. The van der Waals surface area contributed by atoms with E-state index in [-0.39, 0.29) is 18.0 Å². The van der Waals surface area contributed by atoms with Crippen LogP contribution in [0.3, 0.4) is 0 Å². The Kier molecular flexibility index (Phi) is 4.20. The summed E-state index contributed by atoms with van der Waals surface area (Å²) in [5.41, 5.74) is 2.99. The van der Waals surface area contributed by atoms with Gasteiger partial charge in [-0.25, -0.2) is 4.98 Å². The summed E-state index contributed by atoms with van der Waals surface area (Å²) < 4.78 is 6.73. The number of hydrogen-bond donors (Lipinski definition) is 1. The van der Waals surface area contributed by atoms with E-state index in [0.29, 0.717) is 23.4 Å². The molecule has 24 heavy (non-hydrogen) atoms. The molecule has 0 atom stereocenters. The molecule has 0 saturated heterocycles. The van der Waals surface area contributed by atoms with E-state index in [1.54, 1.807) is 6.92 Å².